The summed E-state index contributed by atoms with van der Waals surface area (Å²) in [5.74, 6) is -1.45. The van der Waals surface area contributed by atoms with E-state index < -0.39 is 5.91 Å². The van der Waals surface area contributed by atoms with E-state index in [1.165, 1.54) is 23.5 Å². The second kappa shape index (κ2) is 9.53. The van der Waals surface area contributed by atoms with Gasteiger partial charge in [-0.3, -0.25) is 14.4 Å². The Hall–Kier alpha value is -2.74. The van der Waals surface area contributed by atoms with Crippen LogP contribution in [0.2, 0.25) is 0 Å². The van der Waals surface area contributed by atoms with Gasteiger partial charge in [-0.2, -0.15) is 0 Å². The van der Waals surface area contributed by atoms with Crippen molar-refractivity contribution in [3.63, 3.8) is 0 Å². The fourth-order valence-corrected chi connectivity index (χ4v) is 2.64. The minimum Gasteiger partial charge on any atom is -0.354 e. The summed E-state index contributed by atoms with van der Waals surface area (Å²) in [5, 5.41) is 9.29. The predicted octanol–water partition coefficient (Wildman–Crippen LogP) is 1.09. The molecule has 8 heteroatoms. The summed E-state index contributed by atoms with van der Waals surface area (Å²) in [6.45, 7) is -0.0442. The first kappa shape index (κ1) is 18.6. The zero-order valence-corrected chi connectivity index (χ0v) is 14.2. The lowest BCUT2D eigenvalue weighted by atomic mass is 10.1. The molecule has 0 unspecified atom stereocenters. The van der Waals surface area contributed by atoms with Gasteiger partial charge in [0.1, 0.15) is 5.82 Å². The molecular formula is C17H18FN3O3S. The van der Waals surface area contributed by atoms with Crippen molar-refractivity contribution < 1.29 is 18.8 Å². The fraction of sp³-hybridized carbons (Fsp3) is 0.235. The van der Waals surface area contributed by atoms with Gasteiger partial charge in [0.05, 0.1) is 18.0 Å². The number of nitrogens with one attached hydrogen (secondary N) is 3. The molecule has 6 nitrogen and oxygen atoms in total. The molecule has 0 saturated heterocycles. The second-order valence-electron chi connectivity index (χ2n) is 5.17. The van der Waals surface area contributed by atoms with Gasteiger partial charge >= 0.3 is 0 Å². The molecule has 0 spiro atoms. The molecule has 0 aliphatic carbocycles. The quantitative estimate of drug-likeness (QED) is 0.656. The Morgan fingerprint density at radius 2 is 1.72 bits per heavy atom. The van der Waals surface area contributed by atoms with Crippen LogP contribution in [0.5, 0.6) is 0 Å². The SMILES string of the molecule is O=C(CNC(=O)CNC(=O)c1cccs1)NCCc1cccc(F)c1. The van der Waals surface area contributed by atoms with Crippen molar-refractivity contribution in [3.8, 4) is 0 Å². The van der Waals surface area contributed by atoms with Gasteiger partial charge < -0.3 is 16.0 Å². The van der Waals surface area contributed by atoms with Crippen molar-refractivity contribution >= 4 is 29.1 Å². The van der Waals surface area contributed by atoms with Crippen LogP contribution in [0.4, 0.5) is 4.39 Å². The number of benzene rings is 1. The number of carbonyl (C=O) groups excluding carboxylic acids is 3. The van der Waals surface area contributed by atoms with Gasteiger partial charge in [0.25, 0.3) is 5.91 Å². The number of halogens is 1. The lowest BCUT2D eigenvalue weighted by Gasteiger charge is -2.08. The molecule has 0 fully saturated rings. The Bertz CT molecular complexity index is 734. The van der Waals surface area contributed by atoms with E-state index >= 15 is 0 Å². The Balaban J connectivity index is 1.59. The highest BCUT2D eigenvalue weighted by molar-refractivity contribution is 7.12. The molecule has 0 radical (unpaired) electrons. The van der Waals surface area contributed by atoms with E-state index in [2.05, 4.69) is 16.0 Å². The molecule has 1 aromatic heterocycles. The summed E-state index contributed by atoms with van der Waals surface area (Å²) in [4.78, 5) is 35.4. The Morgan fingerprint density at radius 3 is 2.44 bits per heavy atom. The van der Waals surface area contributed by atoms with Gasteiger partial charge in [-0.1, -0.05) is 18.2 Å². The van der Waals surface area contributed by atoms with Crippen molar-refractivity contribution in [1.82, 2.24) is 16.0 Å². The molecule has 0 saturated carbocycles. The molecule has 0 bridgehead atoms. The van der Waals surface area contributed by atoms with Crippen molar-refractivity contribution in [2.45, 2.75) is 6.42 Å². The number of thiophene rings is 1. The maximum Gasteiger partial charge on any atom is 0.261 e. The number of hydrogen-bond donors (Lipinski definition) is 3. The minimum atomic E-state index is -0.454. The Labute approximate surface area is 148 Å². The van der Waals surface area contributed by atoms with Crippen LogP contribution in [0.25, 0.3) is 0 Å². The summed E-state index contributed by atoms with van der Waals surface area (Å²) in [6, 6.07) is 9.54. The first-order valence-corrected chi connectivity index (χ1v) is 8.52. The van der Waals surface area contributed by atoms with Crippen molar-refractivity contribution in [2.24, 2.45) is 0 Å². The van der Waals surface area contributed by atoms with Gasteiger partial charge in [0.15, 0.2) is 0 Å². The summed E-state index contributed by atoms with van der Waals surface area (Å²) in [7, 11) is 0. The lowest BCUT2D eigenvalue weighted by Crippen LogP contribution is -2.42. The van der Waals surface area contributed by atoms with Crippen LogP contribution < -0.4 is 16.0 Å². The highest BCUT2D eigenvalue weighted by Gasteiger charge is 2.09. The standard InChI is InChI=1S/C17H18FN3O3S/c18-13-4-1-3-12(9-13)6-7-19-15(22)10-20-16(23)11-21-17(24)14-5-2-8-25-14/h1-5,8-9H,6-7,10-11H2,(H,19,22)(H,20,23)(H,21,24). The molecule has 3 amide bonds. The molecule has 2 aromatic rings. The zero-order valence-electron chi connectivity index (χ0n) is 13.4. The highest BCUT2D eigenvalue weighted by atomic mass is 32.1. The fourth-order valence-electron chi connectivity index (χ4n) is 2.00. The Kier molecular flexibility index (Phi) is 7.09. The van der Waals surface area contributed by atoms with Crippen LogP contribution >= 0.6 is 11.3 Å². The molecular weight excluding hydrogens is 345 g/mol. The van der Waals surface area contributed by atoms with Crippen LogP contribution in [-0.2, 0) is 16.0 Å². The molecule has 0 aliphatic heterocycles. The molecule has 3 N–H and O–H groups in total. The normalized spacial score (nSPS) is 10.1. The van der Waals surface area contributed by atoms with Crippen LogP contribution in [-0.4, -0.2) is 37.4 Å². The maximum absolute atomic E-state index is 13.0. The summed E-state index contributed by atoms with van der Waals surface area (Å²) >= 11 is 1.28. The van der Waals surface area contributed by atoms with Gasteiger partial charge in [0.2, 0.25) is 11.8 Å². The third-order valence-corrected chi connectivity index (χ3v) is 4.09. The lowest BCUT2D eigenvalue weighted by molar-refractivity contribution is -0.125. The molecule has 1 heterocycles. The zero-order chi connectivity index (χ0) is 18.1. The topological polar surface area (TPSA) is 87.3 Å². The summed E-state index contributed by atoms with van der Waals surface area (Å²) in [6.07, 6.45) is 0.494. The molecule has 2 rings (SSSR count). The van der Waals surface area contributed by atoms with Crippen LogP contribution in [0, 0.1) is 5.82 Å². The smallest absolute Gasteiger partial charge is 0.261 e. The predicted molar refractivity (Wildman–Crippen MR) is 92.8 cm³/mol. The summed E-state index contributed by atoms with van der Waals surface area (Å²) < 4.78 is 13.0. The average Bonchev–Trinajstić information content (AvgIpc) is 3.12. The van der Waals surface area contributed by atoms with Crippen molar-refractivity contribution in [3.05, 3.63) is 58.0 Å². The minimum absolute atomic E-state index is 0.184. The third-order valence-electron chi connectivity index (χ3n) is 3.23. The highest BCUT2D eigenvalue weighted by Crippen LogP contribution is 2.07. The van der Waals surface area contributed by atoms with E-state index in [4.69, 9.17) is 0 Å². The average molecular weight is 363 g/mol. The van der Waals surface area contributed by atoms with Crippen LogP contribution in [0.1, 0.15) is 15.2 Å². The van der Waals surface area contributed by atoms with E-state index in [1.54, 1.807) is 29.6 Å². The van der Waals surface area contributed by atoms with Crippen molar-refractivity contribution in [2.75, 3.05) is 19.6 Å². The van der Waals surface area contributed by atoms with Gasteiger partial charge in [-0.15, -0.1) is 11.3 Å². The number of hydrogen-bond acceptors (Lipinski definition) is 4. The number of amides is 3. The van der Waals surface area contributed by atoms with E-state index in [0.29, 0.717) is 17.8 Å². The van der Waals surface area contributed by atoms with E-state index in [-0.39, 0.29) is 30.7 Å². The second-order valence-corrected chi connectivity index (χ2v) is 6.11. The first-order chi connectivity index (χ1) is 12.0. The molecule has 25 heavy (non-hydrogen) atoms. The van der Waals surface area contributed by atoms with E-state index in [0.717, 1.165) is 5.56 Å². The maximum atomic E-state index is 13.0. The van der Waals surface area contributed by atoms with Crippen molar-refractivity contribution in [1.29, 1.82) is 0 Å². The van der Waals surface area contributed by atoms with Gasteiger partial charge in [-0.25, -0.2) is 4.39 Å². The number of rotatable bonds is 8. The molecule has 0 aliphatic rings. The molecule has 132 valence electrons. The monoisotopic (exact) mass is 363 g/mol. The molecule has 1 aromatic carbocycles. The van der Waals surface area contributed by atoms with Gasteiger partial charge in [0, 0.05) is 6.54 Å². The van der Waals surface area contributed by atoms with E-state index in [9.17, 15) is 18.8 Å². The molecule has 0 atom stereocenters. The van der Waals surface area contributed by atoms with Gasteiger partial charge in [-0.05, 0) is 35.6 Å². The van der Waals surface area contributed by atoms with Crippen LogP contribution in [0.3, 0.4) is 0 Å². The Morgan fingerprint density at radius 1 is 0.960 bits per heavy atom. The summed E-state index contributed by atoms with van der Waals surface area (Å²) in [5.41, 5.74) is 0.778. The largest absolute Gasteiger partial charge is 0.354 e. The van der Waals surface area contributed by atoms with E-state index in [1.807, 2.05) is 0 Å². The first-order valence-electron chi connectivity index (χ1n) is 7.64. The third kappa shape index (κ3) is 6.72. The van der Waals surface area contributed by atoms with Crippen LogP contribution in [0.15, 0.2) is 41.8 Å². The number of carbonyl (C=O) groups is 3.